The molecule has 0 atom stereocenters. The van der Waals surface area contributed by atoms with Gasteiger partial charge in [0.1, 0.15) is 21.3 Å². The Kier molecular flexibility index (Phi) is 6.63. The molecule has 0 fully saturated rings. The highest BCUT2D eigenvalue weighted by molar-refractivity contribution is 7.93. The number of carbonyl (C=O) groups is 1. The molecule has 0 saturated heterocycles. The number of benzene rings is 2. The van der Waals surface area contributed by atoms with Crippen molar-refractivity contribution in [3.8, 4) is 22.6 Å². The molecule has 0 aliphatic rings. The number of sulfonamides is 1. The van der Waals surface area contributed by atoms with Gasteiger partial charge >= 0.3 is 5.97 Å². The Morgan fingerprint density at radius 3 is 2.23 bits per heavy atom. The standard InChI is InChI=1S/C21H21NO6S2/c1-4-28-21(23)19-20(18(13-29-19)14-8-6-5-7-9-14)30(24,25)22-15-10-16(26-2)12-17(11-15)27-3/h5-13,22H,4H2,1-3H3. The quantitative estimate of drug-likeness (QED) is 0.515. The van der Waals surface area contributed by atoms with Gasteiger partial charge in [-0.05, 0) is 12.5 Å². The van der Waals surface area contributed by atoms with Crippen molar-refractivity contribution < 1.29 is 27.4 Å². The molecule has 0 aliphatic carbocycles. The van der Waals surface area contributed by atoms with Gasteiger partial charge in [-0.3, -0.25) is 4.72 Å². The molecule has 3 aromatic rings. The minimum Gasteiger partial charge on any atom is -0.497 e. The predicted octanol–water partition coefficient (Wildman–Crippen LogP) is 4.41. The molecule has 0 amide bonds. The average molecular weight is 448 g/mol. The van der Waals surface area contributed by atoms with E-state index < -0.39 is 16.0 Å². The Morgan fingerprint density at radius 2 is 1.67 bits per heavy atom. The number of carbonyl (C=O) groups excluding carboxylic acids is 1. The third-order valence-electron chi connectivity index (χ3n) is 4.16. The van der Waals surface area contributed by atoms with Crippen molar-refractivity contribution in [2.45, 2.75) is 11.8 Å². The molecular weight excluding hydrogens is 426 g/mol. The van der Waals surface area contributed by atoms with Crippen LogP contribution in [0.5, 0.6) is 11.5 Å². The van der Waals surface area contributed by atoms with Crippen molar-refractivity contribution in [2.75, 3.05) is 25.5 Å². The van der Waals surface area contributed by atoms with Crippen molar-refractivity contribution in [3.63, 3.8) is 0 Å². The molecule has 30 heavy (non-hydrogen) atoms. The zero-order valence-corrected chi connectivity index (χ0v) is 18.3. The van der Waals surface area contributed by atoms with Crippen LogP contribution in [0.25, 0.3) is 11.1 Å². The van der Waals surface area contributed by atoms with E-state index in [1.807, 2.05) is 6.07 Å². The highest BCUT2D eigenvalue weighted by Gasteiger charge is 2.30. The first-order valence-electron chi connectivity index (χ1n) is 8.99. The van der Waals surface area contributed by atoms with Gasteiger partial charge in [-0.1, -0.05) is 30.3 Å². The summed E-state index contributed by atoms with van der Waals surface area (Å²) in [6.45, 7) is 1.80. The Morgan fingerprint density at radius 1 is 1.03 bits per heavy atom. The van der Waals surface area contributed by atoms with E-state index >= 15 is 0 Å². The fourth-order valence-corrected chi connectivity index (χ4v) is 5.57. The van der Waals surface area contributed by atoms with Gasteiger partial charge in [0, 0.05) is 29.1 Å². The highest BCUT2D eigenvalue weighted by Crippen LogP contribution is 2.37. The van der Waals surface area contributed by atoms with Gasteiger partial charge in [-0.2, -0.15) is 0 Å². The molecule has 7 nitrogen and oxygen atoms in total. The van der Waals surface area contributed by atoms with Gasteiger partial charge in [-0.15, -0.1) is 11.3 Å². The topological polar surface area (TPSA) is 90.9 Å². The minimum atomic E-state index is -4.14. The van der Waals surface area contributed by atoms with Crippen LogP contribution in [-0.2, 0) is 14.8 Å². The SMILES string of the molecule is CCOC(=O)c1scc(-c2ccccc2)c1S(=O)(=O)Nc1cc(OC)cc(OC)c1. The summed E-state index contributed by atoms with van der Waals surface area (Å²) < 4.78 is 44.8. The minimum absolute atomic E-state index is 0.0121. The number of methoxy groups -OCH3 is 2. The van der Waals surface area contributed by atoms with E-state index in [9.17, 15) is 13.2 Å². The highest BCUT2D eigenvalue weighted by atomic mass is 32.2. The molecule has 3 rings (SSSR count). The molecular formula is C21H21NO6S2. The van der Waals surface area contributed by atoms with Crippen molar-refractivity contribution in [1.82, 2.24) is 0 Å². The summed E-state index contributed by atoms with van der Waals surface area (Å²) in [5.74, 6) is 0.158. The maximum atomic E-state index is 13.4. The molecule has 1 N–H and O–H groups in total. The van der Waals surface area contributed by atoms with Crippen LogP contribution in [0.3, 0.4) is 0 Å². The fraction of sp³-hybridized carbons (Fsp3) is 0.190. The summed E-state index contributed by atoms with van der Waals surface area (Å²) in [4.78, 5) is 12.4. The van der Waals surface area contributed by atoms with Crippen molar-refractivity contribution >= 4 is 33.0 Å². The number of thiophene rings is 1. The van der Waals surface area contributed by atoms with E-state index in [4.69, 9.17) is 14.2 Å². The number of rotatable bonds is 8. The zero-order valence-electron chi connectivity index (χ0n) is 16.7. The van der Waals surface area contributed by atoms with Gasteiger partial charge < -0.3 is 14.2 Å². The van der Waals surface area contributed by atoms with Crippen molar-refractivity contribution in [3.05, 3.63) is 58.8 Å². The van der Waals surface area contributed by atoms with Crippen LogP contribution in [0, 0.1) is 0 Å². The van der Waals surface area contributed by atoms with E-state index in [1.165, 1.54) is 26.4 Å². The average Bonchev–Trinajstić information content (AvgIpc) is 3.20. The molecule has 0 aliphatic heterocycles. The Balaban J connectivity index is 2.12. The molecule has 0 saturated carbocycles. The molecule has 1 aromatic heterocycles. The van der Waals surface area contributed by atoms with Crippen LogP contribution < -0.4 is 14.2 Å². The fourth-order valence-electron chi connectivity index (χ4n) is 2.84. The summed E-state index contributed by atoms with van der Waals surface area (Å²) >= 11 is 1.03. The maximum Gasteiger partial charge on any atom is 0.349 e. The second-order valence-corrected chi connectivity index (χ2v) is 8.60. The molecule has 9 heteroatoms. The lowest BCUT2D eigenvalue weighted by atomic mass is 10.1. The van der Waals surface area contributed by atoms with Crippen LogP contribution in [-0.4, -0.2) is 35.2 Å². The van der Waals surface area contributed by atoms with Crippen LogP contribution in [0.1, 0.15) is 16.6 Å². The second-order valence-electron chi connectivity index (χ2n) is 6.10. The van der Waals surface area contributed by atoms with E-state index in [2.05, 4.69) is 4.72 Å². The number of hydrogen-bond acceptors (Lipinski definition) is 7. The first-order chi connectivity index (χ1) is 14.4. The van der Waals surface area contributed by atoms with E-state index in [-0.39, 0.29) is 22.1 Å². The monoisotopic (exact) mass is 447 g/mol. The van der Waals surface area contributed by atoms with Crippen molar-refractivity contribution in [1.29, 1.82) is 0 Å². The summed E-state index contributed by atoms with van der Waals surface area (Å²) in [6, 6.07) is 13.7. The molecule has 0 spiro atoms. The van der Waals surface area contributed by atoms with Gasteiger partial charge in [0.2, 0.25) is 0 Å². The lowest BCUT2D eigenvalue weighted by molar-refractivity contribution is 0.0528. The summed E-state index contributed by atoms with van der Waals surface area (Å²) in [5.41, 5.74) is 1.34. The van der Waals surface area contributed by atoms with Gasteiger partial charge in [-0.25, -0.2) is 13.2 Å². The largest absolute Gasteiger partial charge is 0.497 e. The number of hydrogen-bond donors (Lipinski definition) is 1. The first kappa shape index (κ1) is 21.7. The number of nitrogens with one attached hydrogen (secondary N) is 1. The normalized spacial score (nSPS) is 11.0. The molecule has 1 heterocycles. The lowest BCUT2D eigenvalue weighted by Crippen LogP contribution is -2.17. The zero-order chi connectivity index (χ0) is 21.7. The third kappa shape index (κ3) is 4.58. The van der Waals surface area contributed by atoms with E-state index in [0.29, 0.717) is 22.6 Å². The molecule has 0 radical (unpaired) electrons. The lowest BCUT2D eigenvalue weighted by Gasteiger charge is -2.13. The molecule has 0 bridgehead atoms. The van der Waals surface area contributed by atoms with Crippen molar-refractivity contribution in [2.24, 2.45) is 0 Å². The third-order valence-corrected chi connectivity index (χ3v) is 6.72. The maximum absolute atomic E-state index is 13.4. The number of anilines is 1. The van der Waals surface area contributed by atoms with Gasteiger partial charge in [0.05, 0.1) is 26.5 Å². The van der Waals surface area contributed by atoms with Crippen LogP contribution in [0.2, 0.25) is 0 Å². The van der Waals surface area contributed by atoms with Crippen LogP contribution in [0.15, 0.2) is 58.8 Å². The van der Waals surface area contributed by atoms with Crippen LogP contribution in [0.4, 0.5) is 5.69 Å². The summed E-state index contributed by atoms with van der Waals surface area (Å²) in [7, 11) is -1.20. The van der Waals surface area contributed by atoms with Crippen LogP contribution >= 0.6 is 11.3 Å². The Labute approximate surface area is 179 Å². The summed E-state index contributed by atoms with van der Waals surface area (Å²) in [6.07, 6.45) is 0. The Hall–Kier alpha value is -3.04. The van der Waals surface area contributed by atoms with Gasteiger partial charge in [0.25, 0.3) is 10.0 Å². The smallest absolute Gasteiger partial charge is 0.349 e. The molecule has 0 unspecified atom stereocenters. The Bertz CT molecular complexity index is 1120. The van der Waals surface area contributed by atoms with E-state index in [0.717, 1.165) is 11.3 Å². The summed E-state index contributed by atoms with van der Waals surface area (Å²) in [5, 5.41) is 1.64. The predicted molar refractivity (Wildman–Crippen MR) is 116 cm³/mol. The molecule has 2 aromatic carbocycles. The number of ether oxygens (including phenoxy) is 3. The number of esters is 1. The second kappa shape index (κ2) is 9.19. The molecule has 158 valence electrons. The van der Waals surface area contributed by atoms with E-state index in [1.54, 1.807) is 42.6 Å². The first-order valence-corrected chi connectivity index (χ1v) is 11.4. The van der Waals surface area contributed by atoms with Gasteiger partial charge in [0.15, 0.2) is 0 Å².